The normalized spacial score (nSPS) is 10.1. The molecule has 2 aromatic rings. The molecule has 0 atom stereocenters. The van der Waals surface area contributed by atoms with Crippen molar-refractivity contribution in [3.8, 4) is 11.8 Å². The molecule has 1 heterocycles. The van der Waals surface area contributed by atoms with E-state index in [0.717, 1.165) is 21.5 Å². The predicted octanol–water partition coefficient (Wildman–Crippen LogP) is 3.12. The molecule has 0 aliphatic rings. The van der Waals surface area contributed by atoms with Gasteiger partial charge >= 0.3 is 0 Å². The lowest BCUT2D eigenvalue weighted by molar-refractivity contribution is 0.830. The molecule has 0 radical (unpaired) electrons. The molecule has 0 unspecified atom stereocenters. The quantitative estimate of drug-likeness (QED) is 0.803. The molecule has 0 saturated carbocycles. The van der Waals surface area contributed by atoms with Crippen LogP contribution in [0.4, 0.5) is 0 Å². The van der Waals surface area contributed by atoms with Crippen LogP contribution in [0, 0.1) is 25.2 Å². The smallest absolute Gasteiger partial charge is 0.103 e. The molecule has 0 N–H and O–H groups in total. The third-order valence-electron chi connectivity index (χ3n) is 2.34. The first-order valence-corrected chi connectivity index (χ1v) is 5.65. The summed E-state index contributed by atoms with van der Waals surface area (Å²) in [5.74, 6) is 0. The highest BCUT2D eigenvalue weighted by molar-refractivity contribution is 9.10. The van der Waals surface area contributed by atoms with Crippen molar-refractivity contribution in [3.05, 3.63) is 45.7 Å². The van der Waals surface area contributed by atoms with E-state index in [1.165, 1.54) is 0 Å². The second-order valence-electron chi connectivity index (χ2n) is 3.58. The van der Waals surface area contributed by atoms with Gasteiger partial charge < -0.3 is 0 Å². The van der Waals surface area contributed by atoms with Crippen molar-refractivity contribution in [2.45, 2.75) is 13.8 Å². The van der Waals surface area contributed by atoms with Gasteiger partial charge in [-0.3, -0.25) is 0 Å². The Labute approximate surface area is 102 Å². The Bertz CT molecular complexity index is 578. The topological polar surface area (TPSA) is 41.6 Å². The number of rotatable bonds is 1. The summed E-state index contributed by atoms with van der Waals surface area (Å²) in [6.45, 7) is 3.91. The average molecular weight is 276 g/mol. The van der Waals surface area contributed by atoms with Crippen molar-refractivity contribution in [2.24, 2.45) is 0 Å². The number of hydrogen-bond acceptors (Lipinski definition) is 2. The largest absolute Gasteiger partial charge is 0.236 e. The van der Waals surface area contributed by atoms with Crippen LogP contribution in [0.25, 0.3) is 5.69 Å². The molecule has 0 fully saturated rings. The minimum absolute atomic E-state index is 0.605. The molecule has 16 heavy (non-hydrogen) atoms. The SMILES string of the molecule is Cc1cc(C)n(-c2cccc(Br)c2C#N)n1. The molecule has 0 bridgehead atoms. The van der Waals surface area contributed by atoms with Crippen LogP contribution < -0.4 is 0 Å². The van der Waals surface area contributed by atoms with Crippen molar-refractivity contribution < 1.29 is 0 Å². The van der Waals surface area contributed by atoms with Crippen molar-refractivity contribution in [2.75, 3.05) is 0 Å². The lowest BCUT2D eigenvalue weighted by atomic mass is 10.2. The summed E-state index contributed by atoms with van der Waals surface area (Å²) in [5, 5.41) is 13.5. The molecular formula is C12H10BrN3. The van der Waals surface area contributed by atoms with Crippen LogP contribution in [0.2, 0.25) is 0 Å². The third-order valence-corrected chi connectivity index (χ3v) is 3.00. The van der Waals surface area contributed by atoms with E-state index in [0.29, 0.717) is 5.56 Å². The van der Waals surface area contributed by atoms with Gasteiger partial charge in [-0.05, 0) is 48.0 Å². The van der Waals surface area contributed by atoms with E-state index in [2.05, 4.69) is 27.1 Å². The van der Waals surface area contributed by atoms with Crippen LogP contribution in [0.5, 0.6) is 0 Å². The number of hydrogen-bond donors (Lipinski definition) is 0. The van der Waals surface area contributed by atoms with E-state index < -0.39 is 0 Å². The fourth-order valence-corrected chi connectivity index (χ4v) is 2.12. The van der Waals surface area contributed by atoms with Gasteiger partial charge in [0.2, 0.25) is 0 Å². The minimum atomic E-state index is 0.605. The van der Waals surface area contributed by atoms with E-state index in [-0.39, 0.29) is 0 Å². The van der Waals surface area contributed by atoms with Gasteiger partial charge in [-0.25, -0.2) is 4.68 Å². The molecule has 2 rings (SSSR count). The van der Waals surface area contributed by atoms with Crippen LogP contribution in [-0.4, -0.2) is 9.78 Å². The molecule has 0 spiro atoms. The van der Waals surface area contributed by atoms with Gasteiger partial charge in [0.1, 0.15) is 6.07 Å². The van der Waals surface area contributed by atoms with Crippen LogP contribution in [-0.2, 0) is 0 Å². The molecule has 0 amide bonds. The maximum Gasteiger partial charge on any atom is 0.103 e. The molecule has 0 aliphatic carbocycles. The Morgan fingerprint density at radius 3 is 2.69 bits per heavy atom. The van der Waals surface area contributed by atoms with Gasteiger partial charge in [0, 0.05) is 10.2 Å². The number of halogens is 1. The van der Waals surface area contributed by atoms with Crippen molar-refractivity contribution in [1.82, 2.24) is 9.78 Å². The summed E-state index contributed by atoms with van der Waals surface area (Å²) >= 11 is 3.37. The fraction of sp³-hybridized carbons (Fsp3) is 0.167. The summed E-state index contributed by atoms with van der Waals surface area (Å²) in [7, 11) is 0. The monoisotopic (exact) mass is 275 g/mol. The van der Waals surface area contributed by atoms with E-state index in [1.807, 2.05) is 38.1 Å². The number of nitrogens with zero attached hydrogens (tertiary/aromatic N) is 3. The first-order valence-electron chi connectivity index (χ1n) is 4.85. The maximum absolute atomic E-state index is 9.14. The van der Waals surface area contributed by atoms with E-state index in [1.54, 1.807) is 4.68 Å². The van der Waals surface area contributed by atoms with Gasteiger partial charge in [0.05, 0.1) is 16.9 Å². The molecule has 1 aromatic carbocycles. The van der Waals surface area contributed by atoms with Crippen LogP contribution in [0.15, 0.2) is 28.7 Å². The Hall–Kier alpha value is -1.60. The standard InChI is InChI=1S/C12H10BrN3/c1-8-6-9(2)16(15-8)12-5-3-4-11(13)10(12)7-14/h3-6H,1-2H3. The molecule has 4 heteroatoms. The molecular weight excluding hydrogens is 266 g/mol. The Kier molecular flexibility index (Phi) is 2.80. The Balaban J connectivity index is 2.70. The predicted molar refractivity (Wildman–Crippen MR) is 65.5 cm³/mol. The minimum Gasteiger partial charge on any atom is -0.236 e. The first-order chi connectivity index (χ1) is 7.63. The Morgan fingerprint density at radius 2 is 2.12 bits per heavy atom. The maximum atomic E-state index is 9.14. The second-order valence-corrected chi connectivity index (χ2v) is 4.44. The van der Waals surface area contributed by atoms with E-state index in [4.69, 9.17) is 5.26 Å². The molecule has 0 aliphatic heterocycles. The van der Waals surface area contributed by atoms with Crippen LogP contribution >= 0.6 is 15.9 Å². The summed E-state index contributed by atoms with van der Waals surface area (Å²) in [6, 6.07) is 9.83. The van der Waals surface area contributed by atoms with Crippen LogP contribution in [0.3, 0.4) is 0 Å². The highest BCUT2D eigenvalue weighted by atomic mass is 79.9. The van der Waals surface area contributed by atoms with Crippen molar-refractivity contribution >= 4 is 15.9 Å². The number of aromatic nitrogens is 2. The second kappa shape index (κ2) is 4.11. The zero-order valence-corrected chi connectivity index (χ0v) is 10.6. The van der Waals surface area contributed by atoms with E-state index >= 15 is 0 Å². The molecule has 1 aromatic heterocycles. The third kappa shape index (κ3) is 1.74. The highest BCUT2D eigenvalue weighted by Crippen LogP contribution is 2.23. The lowest BCUT2D eigenvalue weighted by Crippen LogP contribution is -2.02. The molecule has 0 saturated heterocycles. The summed E-state index contributed by atoms with van der Waals surface area (Å²) in [5.41, 5.74) is 3.38. The molecule has 3 nitrogen and oxygen atoms in total. The summed E-state index contributed by atoms with van der Waals surface area (Å²) in [4.78, 5) is 0. The lowest BCUT2D eigenvalue weighted by Gasteiger charge is -2.07. The zero-order chi connectivity index (χ0) is 11.7. The molecule has 80 valence electrons. The van der Waals surface area contributed by atoms with E-state index in [9.17, 15) is 0 Å². The average Bonchev–Trinajstić information content (AvgIpc) is 2.57. The van der Waals surface area contributed by atoms with Crippen molar-refractivity contribution in [3.63, 3.8) is 0 Å². The fourth-order valence-electron chi connectivity index (χ4n) is 1.67. The first kappa shape index (κ1) is 10.9. The number of aryl methyl sites for hydroxylation is 2. The van der Waals surface area contributed by atoms with Crippen LogP contribution in [0.1, 0.15) is 17.0 Å². The van der Waals surface area contributed by atoms with Gasteiger partial charge in [-0.2, -0.15) is 10.4 Å². The Morgan fingerprint density at radius 1 is 1.38 bits per heavy atom. The van der Waals surface area contributed by atoms with Gasteiger partial charge in [-0.1, -0.05) is 6.07 Å². The van der Waals surface area contributed by atoms with Gasteiger partial charge in [0.25, 0.3) is 0 Å². The van der Waals surface area contributed by atoms with Crippen molar-refractivity contribution in [1.29, 1.82) is 5.26 Å². The van der Waals surface area contributed by atoms with Gasteiger partial charge in [0.15, 0.2) is 0 Å². The number of nitriles is 1. The highest BCUT2D eigenvalue weighted by Gasteiger charge is 2.10. The summed E-state index contributed by atoms with van der Waals surface area (Å²) < 4.78 is 2.58. The zero-order valence-electron chi connectivity index (χ0n) is 9.03. The number of benzene rings is 1. The summed E-state index contributed by atoms with van der Waals surface area (Å²) in [6.07, 6.45) is 0. The van der Waals surface area contributed by atoms with Gasteiger partial charge in [-0.15, -0.1) is 0 Å².